The summed E-state index contributed by atoms with van der Waals surface area (Å²) in [5.74, 6) is 0.629. The fraction of sp³-hybridized carbons (Fsp3) is 1.00. The predicted octanol–water partition coefficient (Wildman–Crippen LogP) is 3.00. The Morgan fingerprint density at radius 2 is 1.59 bits per heavy atom. The zero-order valence-corrected chi connectivity index (χ0v) is 13.2. The van der Waals surface area contributed by atoms with Gasteiger partial charge in [0.1, 0.15) is 0 Å². The summed E-state index contributed by atoms with van der Waals surface area (Å²) in [7, 11) is -3.21. The van der Waals surface area contributed by atoms with E-state index in [4.69, 9.17) is 11.6 Å². The van der Waals surface area contributed by atoms with Gasteiger partial charge in [-0.25, -0.2) is 13.1 Å². The monoisotopic (exact) mass is 283 g/mol. The molecule has 0 spiro atoms. The van der Waals surface area contributed by atoms with Crippen molar-refractivity contribution in [3.05, 3.63) is 0 Å². The summed E-state index contributed by atoms with van der Waals surface area (Å²) in [5.41, 5.74) is -0.347. The van der Waals surface area contributed by atoms with Gasteiger partial charge in [-0.3, -0.25) is 0 Å². The van der Waals surface area contributed by atoms with Gasteiger partial charge < -0.3 is 0 Å². The summed E-state index contributed by atoms with van der Waals surface area (Å²) in [6, 6.07) is 0. The molecule has 0 aromatic rings. The fourth-order valence-corrected chi connectivity index (χ4v) is 3.86. The number of halogens is 1. The van der Waals surface area contributed by atoms with Gasteiger partial charge in [0.25, 0.3) is 0 Å². The first kappa shape index (κ1) is 17.2. The molecule has 0 rings (SSSR count). The molecule has 0 unspecified atom stereocenters. The molecule has 0 saturated heterocycles. The summed E-state index contributed by atoms with van der Waals surface area (Å²) in [6.07, 6.45) is 1.76. The van der Waals surface area contributed by atoms with E-state index in [1.165, 1.54) is 0 Å². The van der Waals surface area contributed by atoms with E-state index >= 15 is 0 Å². The van der Waals surface area contributed by atoms with Crippen LogP contribution in [0.3, 0.4) is 0 Å². The number of nitrogens with one attached hydrogen (secondary N) is 1. The lowest BCUT2D eigenvalue weighted by Crippen LogP contribution is -2.41. The van der Waals surface area contributed by atoms with Gasteiger partial charge in [-0.1, -0.05) is 34.6 Å². The second-order valence-electron chi connectivity index (χ2n) is 5.98. The first-order chi connectivity index (χ1) is 7.60. The Balaban J connectivity index is 4.55. The smallest absolute Gasteiger partial charge is 0.212 e. The number of hydrogen-bond donors (Lipinski definition) is 1. The molecule has 0 aromatic carbocycles. The Bertz CT molecular complexity index is 308. The van der Waals surface area contributed by atoms with Crippen molar-refractivity contribution >= 4 is 21.6 Å². The largest absolute Gasteiger partial charge is 0.215 e. The third-order valence-corrected chi connectivity index (χ3v) is 5.47. The first-order valence-electron chi connectivity index (χ1n) is 6.13. The molecule has 3 nitrogen and oxygen atoms in total. The molecule has 0 aliphatic rings. The standard InChI is InChI=1S/C12H26ClNO2S/c1-6-12(7-2,8-13)9-14-17(15,16)10-11(3,4)5/h14H,6-10H2,1-5H3. The zero-order chi connectivity index (χ0) is 13.7. The van der Waals surface area contributed by atoms with Crippen LogP contribution in [0, 0.1) is 10.8 Å². The molecular formula is C12H26ClNO2S. The molecule has 0 aliphatic heterocycles. The van der Waals surface area contributed by atoms with Crippen LogP contribution in [0.25, 0.3) is 0 Å². The average molecular weight is 284 g/mol. The van der Waals surface area contributed by atoms with Gasteiger partial charge >= 0.3 is 0 Å². The molecule has 0 heterocycles. The van der Waals surface area contributed by atoms with Crippen LogP contribution < -0.4 is 4.72 Å². The van der Waals surface area contributed by atoms with Crippen LogP contribution >= 0.6 is 11.6 Å². The van der Waals surface area contributed by atoms with Gasteiger partial charge in [-0.15, -0.1) is 11.6 Å². The predicted molar refractivity (Wildman–Crippen MR) is 75.0 cm³/mol. The molecule has 0 saturated carbocycles. The highest BCUT2D eigenvalue weighted by atomic mass is 35.5. The van der Waals surface area contributed by atoms with E-state index in [0.29, 0.717) is 12.4 Å². The van der Waals surface area contributed by atoms with Crippen LogP contribution in [0.1, 0.15) is 47.5 Å². The SMILES string of the molecule is CCC(CC)(CCl)CNS(=O)(=O)CC(C)(C)C. The van der Waals surface area contributed by atoms with E-state index in [9.17, 15) is 8.42 Å². The Morgan fingerprint density at radius 1 is 1.12 bits per heavy atom. The fourth-order valence-electron chi connectivity index (χ4n) is 1.62. The van der Waals surface area contributed by atoms with Crippen LogP contribution in [-0.4, -0.2) is 26.6 Å². The quantitative estimate of drug-likeness (QED) is 0.730. The number of sulfonamides is 1. The zero-order valence-electron chi connectivity index (χ0n) is 11.6. The van der Waals surface area contributed by atoms with Crippen molar-refractivity contribution in [2.75, 3.05) is 18.2 Å². The van der Waals surface area contributed by atoms with E-state index in [2.05, 4.69) is 4.72 Å². The first-order valence-corrected chi connectivity index (χ1v) is 8.32. The Morgan fingerprint density at radius 3 is 1.88 bits per heavy atom. The molecule has 0 radical (unpaired) electrons. The maximum atomic E-state index is 11.9. The summed E-state index contributed by atoms with van der Waals surface area (Å²) in [6.45, 7) is 10.3. The third-order valence-electron chi connectivity index (χ3n) is 3.07. The molecule has 1 N–H and O–H groups in total. The summed E-state index contributed by atoms with van der Waals surface area (Å²) in [5, 5.41) is 0. The average Bonchev–Trinajstić information content (AvgIpc) is 2.17. The van der Waals surface area contributed by atoms with E-state index in [-0.39, 0.29) is 16.6 Å². The highest BCUT2D eigenvalue weighted by molar-refractivity contribution is 7.89. The lowest BCUT2D eigenvalue weighted by molar-refractivity contribution is 0.304. The second-order valence-corrected chi connectivity index (χ2v) is 8.06. The Kier molecular flexibility index (Phi) is 6.47. The van der Waals surface area contributed by atoms with Gasteiger partial charge in [-0.05, 0) is 23.7 Å². The van der Waals surface area contributed by atoms with Gasteiger partial charge in [0.15, 0.2) is 0 Å². The molecule has 104 valence electrons. The van der Waals surface area contributed by atoms with Gasteiger partial charge in [-0.2, -0.15) is 0 Å². The van der Waals surface area contributed by atoms with Crippen molar-refractivity contribution in [2.45, 2.75) is 47.5 Å². The van der Waals surface area contributed by atoms with Crippen molar-refractivity contribution in [3.8, 4) is 0 Å². The molecule has 5 heteroatoms. The van der Waals surface area contributed by atoms with Crippen LogP contribution in [-0.2, 0) is 10.0 Å². The molecule has 17 heavy (non-hydrogen) atoms. The van der Waals surface area contributed by atoms with Crippen molar-refractivity contribution in [1.29, 1.82) is 0 Å². The molecule has 0 atom stereocenters. The normalized spacial score (nSPS) is 14.0. The van der Waals surface area contributed by atoms with Gasteiger partial charge in [0.2, 0.25) is 10.0 Å². The molecule has 0 amide bonds. The highest BCUT2D eigenvalue weighted by Crippen LogP contribution is 2.27. The lowest BCUT2D eigenvalue weighted by Gasteiger charge is -2.30. The maximum absolute atomic E-state index is 11.9. The van der Waals surface area contributed by atoms with E-state index in [1.807, 2.05) is 34.6 Å². The highest BCUT2D eigenvalue weighted by Gasteiger charge is 2.28. The van der Waals surface area contributed by atoms with Gasteiger partial charge in [0.05, 0.1) is 5.75 Å². The van der Waals surface area contributed by atoms with Gasteiger partial charge in [0, 0.05) is 12.4 Å². The van der Waals surface area contributed by atoms with E-state index < -0.39 is 10.0 Å². The van der Waals surface area contributed by atoms with E-state index in [0.717, 1.165) is 12.8 Å². The summed E-state index contributed by atoms with van der Waals surface area (Å²) < 4.78 is 26.5. The molecule has 0 aliphatic carbocycles. The third kappa shape index (κ3) is 6.63. The number of rotatable bonds is 7. The minimum Gasteiger partial charge on any atom is -0.215 e. The second kappa shape index (κ2) is 6.39. The van der Waals surface area contributed by atoms with Crippen molar-refractivity contribution in [3.63, 3.8) is 0 Å². The lowest BCUT2D eigenvalue weighted by atomic mass is 9.85. The number of alkyl halides is 1. The maximum Gasteiger partial charge on any atom is 0.212 e. The topological polar surface area (TPSA) is 46.2 Å². The summed E-state index contributed by atoms with van der Waals surface area (Å²) in [4.78, 5) is 0. The number of hydrogen-bond acceptors (Lipinski definition) is 2. The van der Waals surface area contributed by atoms with Crippen molar-refractivity contribution in [2.24, 2.45) is 10.8 Å². The minimum atomic E-state index is -3.21. The van der Waals surface area contributed by atoms with Crippen molar-refractivity contribution in [1.82, 2.24) is 4.72 Å². The Labute approximate surface area is 111 Å². The van der Waals surface area contributed by atoms with Crippen LogP contribution in [0.15, 0.2) is 0 Å². The molecule has 0 aromatic heterocycles. The molecular weight excluding hydrogens is 258 g/mol. The Hall–Kier alpha value is 0.200. The van der Waals surface area contributed by atoms with E-state index in [1.54, 1.807) is 0 Å². The van der Waals surface area contributed by atoms with Crippen LogP contribution in [0.4, 0.5) is 0 Å². The molecule has 0 bridgehead atoms. The minimum absolute atomic E-state index is 0.119. The van der Waals surface area contributed by atoms with Crippen LogP contribution in [0.2, 0.25) is 0 Å². The summed E-state index contributed by atoms with van der Waals surface area (Å²) >= 11 is 5.95. The molecule has 0 fully saturated rings. The van der Waals surface area contributed by atoms with Crippen LogP contribution in [0.5, 0.6) is 0 Å². The van der Waals surface area contributed by atoms with Crippen molar-refractivity contribution < 1.29 is 8.42 Å².